The molecular weight excluding hydrogens is 429 g/mol. The molecule has 0 N–H and O–H groups in total. The minimum Gasteiger partial charge on any atom is -0.465 e. The minimum absolute atomic E-state index is 0.0514. The molecule has 0 spiro atoms. The van der Waals surface area contributed by atoms with Crippen LogP contribution in [0, 0.1) is 0 Å². The van der Waals surface area contributed by atoms with Gasteiger partial charge in [-0.25, -0.2) is 13.2 Å². The Labute approximate surface area is 172 Å². The van der Waals surface area contributed by atoms with E-state index in [-0.39, 0.29) is 32.8 Å². The summed E-state index contributed by atoms with van der Waals surface area (Å²) < 4.78 is 36.7. The molecule has 0 aliphatic rings. The number of halogens is 2. The van der Waals surface area contributed by atoms with Gasteiger partial charge < -0.3 is 9.47 Å². The van der Waals surface area contributed by atoms with Crippen LogP contribution in [-0.4, -0.2) is 40.6 Å². The van der Waals surface area contributed by atoms with Crippen LogP contribution in [0.5, 0.6) is 0 Å². The molecular formula is C18H17Cl2NO6S. The van der Waals surface area contributed by atoms with Gasteiger partial charge in [0.15, 0.2) is 0 Å². The molecule has 0 heterocycles. The van der Waals surface area contributed by atoms with Crippen LogP contribution in [-0.2, 0) is 24.3 Å². The molecule has 150 valence electrons. The van der Waals surface area contributed by atoms with Crippen LogP contribution in [0.25, 0.3) is 0 Å². The molecule has 28 heavy (non-hydrogen) atoms. The van der Waals surface area contributed by atoms with Crippen molar-refractivity contribution in [1.29, 1.82) is 0 Å². The topological polar surface area (TPSA) is 90.0 Å². The number of nitrogens with zero attached hydrogens (tertiary/aromatic N) is 1. The number of carbonyl (C=O) groups is 2. The van der Waals surface area contributed by atoms with Gasteiger partial charge in [0.2, 0.25) is 0 Å². The van der Waals surface area contributed by atoms with Crippen LogP contribution in [0.4, 0.5) is 5.69 Å². The van der Waals surface area contributed by atoms with Gasteiger partial charge in [-0.15, -0.1) is 0 Å². The fourth-order valence-corrected chi connectivity index (χ4v) is 4.46. The quantitative estimate of drug-likeness (QED) is 0.605. The first-order valence-corrected chi connectivity index (χ1v) is 10.2. The van der Waals surface area contributed by atoms with Gasteiger partial charge in [-0.3, -0.25) is 9.10 Å². The standard InChI is InChI=1S/C18H17Cl2NO6S/c1-3-27-17(22)11-21(14-7-4-12(5-8-14)18(23)26-2)28(24,25)16-10-13(19)6-9-15(16)20/h4-10H,3,11H2,1-2H3. The van der Waals surface area contributed by atoms with Crippen molar-refractivity contribution in [3.05, 3.63) is 58.1 Å². The molecule has 0 atom stereocenters. The second-order valence-electron chi connectivity index (χ2n) is 5.43. The van der Waals surface area contributed by atoms with Crippen LogP contribution in [0.15, 0.2) is 47.4 Å². The number of hydrogen-bond donors (Lipinski definition) is 0. The highest BCUT2D eigenvalue weighted by atomic mass is 35.5. The van der Waals surface area contributed by atoms with Crippen LogP contribution < -0.4 is 4.31 Å². The predicted octanol–water partition coefficient (Wildman–Crippen LogP) is 3.54. The summed E-state index contributed by atoms with van der Waals surface area (Å²) in [7, 11) is -3.03. The average Bonchev–Trinajstić information content (AvgIpc) is 2.67. The lowest BCUT2D eigenvalue weighted by Crippen LogP contribution is -2.36. The van der Waals surface area contributed by atoms with E-state index in [2.05, 4.69) is 4.74 Å². The SMILES string of the molecule is CCOC(=O)CN(c1ccc(C(=O)OC)cc1)S(=O)(=O)c1cc(Cl)ccc1Cl. The smallest absolute Gasteiger partial charge is 0.337 e. The maximum Gasteiger partial charge on any atom is 0.337 e. The predicted molar refractivity (Wildman–Crippen MR) is 105 cm³/mol. The number of anilines is 1. The van der Waals surface area contributed by atoms with Crippen molar-refractivity contribution in [2.75, 3.05) is 24.6 Å². The van der Waals surface area contributed by atoms with Crippen molar-refractivity contribution in [3.63, 3.8) is 0 Å². The zero-order valence-electron chi connectivity index (χ0n) is 15.0. The summed E-state index contributed by atoms with van der Waals surface area (Å²) in [5, 5.41) is 0.115. The molecule has 0 bridgehead atoms. The van der Waals surface area contributed by atoms with Crippen LogP contribution >= 0.6 is 23.2 Å². The van der Waals surface area contributed by atoms with E-state index in [0.29, 0.717) is 0 Å². The van der Waals surface area contributed by atoms with Gasteiger partial charge in [0.25, 0.3) is 10.0 Å². The van der Waals surface area contributed by atoms with Crippen LogP contribution in [0.2, 0.25) is 10.0 Å². The van der Waals surface area contributed by atoms with Crippen LogP contribution in [0.1, 0.15) is 17.3 Å². The molecule has 0 aromatic heterocycles. The van der Waals surface area contributed by atoms with Gasteiger partial charge in [-0.2, -0.15) is 0 Å². The lowest BCUT2D eigenvalue weighted by molar-refractivity contribution is -0.141. The Kier molecular flexibility index (Phi) is 7.29. The fourth-order valence-electron chi connectivity index (χ4n) is 2.31. The minimum atomic E-state index is -4.26. The molecule has 0 saturated carbocycles. The van der Waals surface area contributed by atoms with E-state index >= 15 is 0 Å². The first-order chi connectivity index (χ1) is 13.2. The van der Waals surface area contributed by atoms with Crippen molar-refractivity contribution in [3.8, 4) is 0 Å². The second-order valence-corrected chi connectivity index (χ2v) is 8.10. The number of methoxy groups -OCH3 is 1. The van der Waals surface area contributed by atoms with Crippen molar-refractivity contribution < 1.29 is 27.5 Å². The normalized spacial score (nSPS) is 11.0. The number of ether oxygens (including phenoxy) is 2. The van der Waals surface area contributed by atoms with Crippen molar-refractivity contribution in [2.45, 2.75) is 11.8 Å². The molecule has 0 radical (unpaired) electrons. The molecule has 0 fully saturated rings. The van der Waals surface area contributed by atoms with Crippen molar-refractivity contribution >= 4 is 50.9 Å². The highest BCUT2D eigenvalue weighted by Crippen LogP contribution is 2.31. The summed E-state index contributed by atoms with van der Waals surface area (Å²) in [5.74, 6) is -1.33. The third-order valence-electron chi connectivity index (χ3n) is 3.62. The zero-order valence-corrected chi connectivity index (χ0v) is 17.3. The largest absolute Gasteiger partial charge is 0.465 e. The van der Waals surface area contributed by atoms with Gasteiger partial charge in [0, 0.05) is 5.02 Å². The number of benzene rings is 2. The number of hydrogen-bond acceptors (Lipinski definition) is 6. The number of sulfonamides is 1. The Balaban J connectivity index is 2.54. The lowest BCUT2D eigenvalue weighted by atomic mass is 10.2. The monoisotopic (exact) mass is 445 g/mol. The summed E-state index contributed by atoms with van der Waals surface area (Å²) in [6.07, 6.45) is 0. The average molecular weight is 446 g/mol. The molecule has 0 aliphatic carbocycles. The lowest BCUT2D eigenvalue weighted by Gasteiger charge is -2.24. The molecule has 7 nitrogen and oxygen atoms in total. The van der Waals surface area contributed by atoms with E-state index in [0.717, 1.165) is 4.31 Å². The molecule has 2 aromatic rings. The van der Waals surface area contributed by atoms with Gasteiger partial charge in [0.05, 0.1) is 30.0 Å². The van der Waals surface area contributed by atoms with Crippen molar-refractivity contribution in [2.24, 2.45) is 0 Å². The molecule has 0 amide bonds. The van der Waals surface area contributed by atoms with E-state index in [9.17, 15) is 18.0 Å². The van der Waals surface area contributed by atoms with Gasteiger partial charge in [0.1, 0.15) is 11.4 Å². The van der Waals surface area contributed by atoms with Crippen LogP contribution in [0.3, 0.4) is 0 Å². The summed E-state index contributed by atoms with van der Waals surface area (Å²) in [4.78, 5) is 23.4. The third-order valence-corrected chi connectivity index (χ3v) is 6.11. The molecule has 10 heteroatoms. The summed E-state index contributed by atoms with van der Waals surface area (Å²) in [6, 6.07) is 9.51. The Morgan fingerprint density at radius 1 is 1.07 bits per heavy atom. The fraction of sp³-hybridized carbons (Fsp3) is 0.222. The van der Waals surface area contributed by atoms with Gasteiger partial charge in [-0.05, 0) is 49.4 Å². The molecule has 0 aliphatic heterocycles. The Morgan fingerprint density at radius 2 is 1.71 bits per heavy atom. The first kappa shape index (κ1) is 22.0. The molecule has 2 aromatic carbocycles. The highest BCUT2D eigenvalue weighted by Gasteiger charge is 2.30. The maximum atomic E-state index is 13.2. The molecule has 2 rings (SSSR count). The first-order valence-electron chi connectivity index (χ1n) is 8.02. The summed E-state index contributed by atoms with van der Waals surface area (Å²) in [6.45, 7) is 1.11. The maximum absolute atomic E-state index is 13.2. The molecule has 0 saturated heterocycles. The third kappa shape index (κ3) is 4.95. The second kappa shape index (κ2) is 9.27. The van der Waals surface area contributed by atoms with E-state index in [1.54, 1.807) is 6.92 Å². The van der Waals surface area contributed by atoms with E-state index < -0.39 is 28.5 Å². The number of rotatable bonds is 7. The number of carbonyl (C=O) groups excluding carboxylic acids is 2. The van der Waals surface area contributed by atoms with Gasteiger partial charge in [-0.1, -0.05) is 23.2 Å². The summed E-state index contributed by atoms with van der Waals surface area (Å²) >= 11 is 12.0. The Morgan fingerprint density at radius 3 is 2.29 bits per heavy atom. The zero-order chi connectivity index (χ0) is 20.9. The highest BCUT2D eigenvalue weighted by molar-refractivity contribution is 7.93. The molecule has 0 unspecified atom stereocenters. The van der Waals surface area contributed by atoms with Gasteiger partial charge >= 0.3 is 11.9 Å². The van der Waals surface area contributed by atoms with Crippen molar-refractivity contribution in [1.82, 2.24) is 0 Å². The van der Waals surface area contributed by atoms with E-state index in [1.165, 1.54) is 49.6 Å². The summed E-state index contributed by atoms with van der Waals surface area (Å²) in [5.41, 5.74) is 0.359. The van der Waals surface area contributed by atoms with E-state index in [4.69, 9.17) is 27.9 Å². The Hall–Kier alpha value is -2.29. The number of esters is 2. The Bertz CT molecular complexity index is 976. The van der Waals surface area contributed by atoms with E-state index in [1.807, 2.05) is 0 Å².